The van der Waals surface area contributed by atoms with Gasteiger partial charge in [-0.2, -0.15) is 4.31 Å². The molecule has 1 N–H and O–H groups in total. The molecule has 1 aliphatic heterocycles. The van der Waals surface area contributed by atoms with Crippen molar-refractivity contribution in [3.63, 3.8) is 0 Å². The van der Waals surface area contributed by atoms with Crippen LogP contribution in [0.3, 0.4) is 0 Å². The summed E-state index contributed by atoms with van der Waals surface area (Å²) in [6.45, 7) is 8.79. The average Bonchev–Trinajstić information content (AvgIpc) is 2.29. The molecule has 1 saturated heterocycles. The number of hydrogen-bond acceptors (Lipinski definition) is 3. The zero-order chi connectivity index (χ0) is 12.7. The van der Waals surface area contributed by atoms with Crippen molar-refractivity contribution in [2.75, 3.05) is 25.4 Å². The number of nitrogens with zero attached hydrogens (tertiary/aromatic N) is 1. The first-order chi connectivity index (χ1) is 8.10. The van der Waals surface area contributed by atoms with Crippen molar-refractivity contribution in [3.05, 3.63) is 25.3 Å². The van der Waals surface area contributed by atoms with Gasteiger partial charge in [-0.15, -0.1) is 13.2 Å². The zero-order valence-corrected chi connectivity index (χ0v) is 11.1. The van der Waals surface area contributed by atoms with E-state index in [0.717, 1.165) is 25.8 Å². The molecule has 1 heterocycles. The van der Waals surface area contributed by atoms with E-state index in [2.05, 4.69) is 18.5 Å². The average molecular weight is 258 g/mol. The minimum Gasteiger partial charge on any atom is -0.313 e. The van der Waals surface area contributed by atoms with Gasteiger partial charge in [0, 0.05) is 19.1 Å². The molecule has 0 aromatic heterocycles. The Morgan fingerprint density at radius 1 is 1.24 bits per heavy atom. The predicted octanol–water partition coefficient (Wildman–Crippen LogP) is 1.13. The highest BCUT2D eigenvalue weighted by Gasteiger charge is 2.25. The summed E-state index contributed by atoms with van der Waals surface area (Å²) in [5, 5.41) is 3.26. The molecule has 4 nitrogen and oxygen atoms in total. The maximum atomic E-state index is 12.2. The predicted molar refractivity (Wildman–Crippen MR) is 71.4 cm³/mol. The SMILES string of the molecule is C=CCN(CC=C)S(=O)(=O)CC1CCCCN1. The van der Waals surface area contributed by atoms with E-state index < -0.39 is 10.0 Å². The molecule has 0 amide bonds. The van der Waals surface area contributed by atoms with Crippen molar-refractivity contribution in [2.24, 2.45) is 0 Å². The van der Waals surface area contributed by atoms with Crippen LogP contribution in [0.1, 0.15) is 19.3 Å². The van der Waals surface area contributed by atoms with E-state index >= 15 is 0 Å². The zero-order valence-electron chi connectivity index (χ0n) is 10.3. The number of hydrogen-bond donors (Lipinski definition) is 1. The van der Waals surface area contributed by atoms with Crippen molar-refractivity contribution in [1.82, 2.24) is 9.62 Å². The lowest BCUT2D eigenvalue weighted by molar-refractivity contribution is 0.409. The van der Waals surface area contributed by atoms with Crippen LogP contribution in [-0.2, 0) is 10.0 Å². The standard InChI is InChI=1S/C12H22N2O2S/c1-3-9-14(10-4-2)17(15,16)11-12-7-5-6-8-13-12/h3-4,12-13H,1-2,5-11H2. The molecule has 5 heteroatoms. The third kappa shape index (κ3) is 4.61. The van der Waals surface area contributed by atoms with Crippen LogP contribution in [0.4, 0.5) is 0 Å². The monoisotopic (exact) mass is 258 g/mol. The lowest BCUT2D eigenvalue weighted by Crippen LogP contribution is -2.44. The van der Waals surface area contributed by atoms with Crippen LogP contribution in [0.2, 0.25) is 0 Å². The van der Waals surface area contributed by atoms with E-state index in [1.807, 2.05) is 0 Å². The Hall–Kier alpha value is -0.650. The fourth-order valence-electron chi connectivity index (χ4n) is 2.02. The molecule has 1 fully saturated rings. The molecule has 0 aliphatic carbocycles. The van der Waals surface area contributed by atoms with Crippen molar-refractivity contribution in [1.29, 1.82) is 0 Å². The van der Waals surface area contributed by atoms with E-state index in [4.69, 9.17) is 0 Å². The molecule has 1 atom stereocenters. The summed E-state index contributed by atoms with van der Waals surface area (Å²) in [5.74, 6) is 0.175. The molecule has 1 aliphatic rings. The molecular weight excluding hydrogens is 236 g/mol. The first-order valence-electron chi connectivity index (χ1n) is 6.03. The van der Waals surface area contributed by atoms with E-state index in [-0.39, 0.29) is 11.8 Å². The smallest absolute Gasteiger partial charge is 0.216 e. The van der Waals surface area contributed by atoms with Gasteiger partial charge in [0.1, 0.15) is 0 Å². The Balaban J connectivity index is 2.62. The summed E-state index contributed by atoms with van der Waals surface area (Å²) >= 11 is 0. The second-order valence-corrected chi connectivity index (χ2v) is 6.33. The summed E-state index contributed by atoms with van der Waals surface area (Å²) < 4.78 is 25.8. The molecule has 0 aromatic rings. The van der Waals surface area contributed by atoms with Gasteiger partial charge in [0.15, 0.2) is 0 Å². The molecule has 0 aromatic carbocycles. The third-order valence-corrected chi connectivity index (χ3v) is 4.79. The Kier molecular flexibility index (Phi) is 5.88. The van der Waals surface area contributed by atoms with E-state index in [0.29, 0.717) is 13.1 Å². The lowest BCUT2D eigenvalue weighted by Gasteiger charge is -2.26. The largest absolute Gasteiger partial charge is 0.313 e. The summed E-state index contributed by atoms with van der Waals surface area (Å²) in [4.78, 5) is 0. The Morgan fingerprint density at radius 2 is 1.88 bits per heavy atom. The maximum absolute atomic E-state index is 12.2. The third-order valence-electron chi connectivity index (χ3n) is 2.88. The van der Waals surface area contributed by atoms with Gasteiger partial charge in [-0.3, -0.25) is 0 Å². The van der Waals surface area contributed by atoms with Crippen LogP contribution in [0, 0.1) is 0 Å². The van der Waals surface area contributed by atoms with Gasteiger partial charge >= 0.3 is 0 Å². The highest BCUT2D eigenvalue weighted by atomic mass is 32.2. The van der Waals surface area contributed by atoms with Gasteiger partial charge in [-0.1, -0.05) is 18.6 Å². The molecular formula is C12H22N2O2S. The van der Waals surface area contributed by atoms with Gasteiger partial charge in [0.2, 0.25) is 10.0 Å². The van der Waals surface area contributed by atoms with Crippen molar-refractivity contribution in [2.45, 2.75) is 25.3 Å². The second-order valence-electron chi connectivity index (χ2n) is 4.32. The van der Waals surface area contributed by atoms with Crippen molar-refractivity contribution in [3.8, 4) is 0 Å². The number of rotatable bonds is 7. The highest BCUT2D eigenvalue weighted by molar-refractivity contribution is 7.89. The van der Waals surface area contributed by atoms with Crippen molar-refractivity contribution >= 4 is 10.0 Å². The van der Waals surface area contributed by atoms with Crippen LogP contribution in [0.5, 0.6) is 0 Å². The fourth-order valence-corrected chi connectivity index (χ4v) is 3.68. The van der Waals surface area contributed by atoms with Crippen LogP contribution in [0.15, 0.2) is 25.3 Å². The minimum absolute atomic E-state index is 0.0888. The van der Waals surface area contributed by atoms with Gasteiger partial charge in [0.05, 0.1) is 5.75 Å². The molecule has 0 saturated carbocycles. The van der Waals surface area contributed by atoms with Gasteiger partial charge in [-0.05, 0) is 19.4 Å². The minimum atomic E-state index is -3.22. The van der Waals surface area contributed by atoms with Crippen LogP contribution >= 0.6 is 0 Å². The van der Waals surface area contributed by atoms with Gasteiger partial charge < -0.3 is 5.32 Å². The van der Waals surface area contributed by atoms with Crippen LogP contribution in [0.25, 0.3) is 0 Å². The molecule has 17 heavy (non-hydrogen) atoms. The van der Waals surface area contributed by atoms with Crippen LogP contribution < -0.4 is 5.32 Å². The quantitative estimate of drug-likeness (QED) is 0.697. The molecule has 0 spiro atoms. The molecule has 1 rings (SSSR count). The first kappa shape index (κ1) is 14.4. The summed E-state index contributed by atoms with van der Waals surface area (Å²) in [6, 6.07) is 0.0888. The van der Waals surface area contributed by atoms with E-state index in [9.17, 15) is 8.42 Å². The van der Waals surface area contributed by atoms with Gasteiger partial charge in [0.25, 0.3) is 0 Å². The Labute approximate surface area is 104 Å². The topological polar surface area (TPSA) is 49.4 Å². The van der Waals surface area contributed by atoms with E-state index in [1.165, 1.54) is 4.31 Å². The number of nitrogens with one attached hydrogen (secondary N) is 1. The number of sulfonamides is 1. The lowest BCUT2D eigenvalue weighted by atomic mass is 10.1. The normalized spacial score (nSPS) is 21.4. The Morgan fingerprint density at radius 3 is 2.35 bits per heavy atom. The molecule has 0 radical (unpaired) electrons. The summed E-state index contributed by atoms with van der Waals surface area (Å²) in [7, 11) is -3.22. The maximum Gasteiger partial charge on any atom is 0.216 e. The second kappa shape index (κ2) is 6.93. The highest BCUT2D eigenvalue weighted by Crippen LogP contribution is 2.12. The van der Waals surface area contributed by atoms with E-state index in [1.54, 1.807) is 12.2 Å². The summed E-state index contributed by atoms with van der Waals surface area (Å²) in [5.41, 5.74) is 0. The van der Waals surface area contributed by atoms with Crippen molar-refractivity contribution < 1.29 is 8.42 Å². The number of piperidine rings is 1. The fraction of sp³-hybridized carbons (Fsp3) is 0.667. The molecule has 1 unspecified atom stereocenters. The molecule has 98 valence electrons. The van der Waals surface area contributed by atoms with Crippen LogP contribution in [-0.4, -0.2) is 44.2 Å². The van der Waals surface area contributed by atoms with Gasteiger partial charge in [-0.25, -0.2) is 8.42 Å². The Bertz CT molecular complexity index is 336. The first-order valence-corrected chi connectivity index (χ1v) is 7.64. The molecule has 0 bridgehead atoms. The summed E-state index contributed by atoms with van der Waals surface area (Å²) in [6.07, 6.45) is 6.40.